The lowest BCUT2D eigenvalue weighted by molar-refractivity contribution is 0.262. The Kier molecular flexibility index (Phi) is 5.42. The number of carbonyl (C=O) groups excluding carboxylic acids is 1. The molecule has 0 fully saturated rings. The number of amides is 2. The molecule has 0 unspecified atom stereocenters. The molecule has 0 radical (unpaired) electrons. The number of hydrogen-bond acceptors (Lipinski definition) is 4. The van der Waals surface area contributed by atoms with Crippen LogP contribution in [0, 0.1) is 6.92 Å². The number of benzene rings is 3. The van der Waals surface area contributed by atoms with E-state index in [1.807, 2.05) is 19.1 Å². The number of rotatable bonds is 5. The van der Waals surface area contributed by atoms with E-state index in [-0.39, 0.29) is 10.6 Å². The Labute approximate surface area is 157 Å². The van der Waals surface area contributed by atoms with Gasteiger partial charge in [0.05, 0.1) is 0 Å². The van der Waals surface area contributed by atoms with E-state index in [1.54, 1.807) is 48.5 Å². The van der Waals surface area contributed by atoms with Gasteiger partial charge in [-0.25, -0.2) is 4.79 Å². The molecular weight excluding hydrogens is 364 g/mol. The van der Waals surface area contributed by atoms with E-state index in [0.29, 0.717) is 11.4 Å². The molecule has 0 atom stereocenters. The second kappa shape index (κ2) is 7.92. The summed E-state index contributed by atoms with van der Waals surface area (Å²) in [5.74, 6) is 0.232. The molecule has 7 heteroatoms. The molecular formula is C20H18N2O4S. The summed E-state index contributed by atoms with van der Waals surface area (Å²) in [6.45, 7) is 1.84. The fourth-order valence-electron chi connectivity index (χ4n) is 2.39. The molecule has 0 saturated carbocycles. The lowest BCUT2D eigenvalue weighted by Gasteiger charge is -2.10. The summed E-state index contributed by atoms with van der Waals surface area (Å²) in [5, 5.41) is 5.27. The highest BCUT2D eigenvalue weighted by Gasteiger charge is 2.17. The Morgan fingerprint density at radius 3 is 2.22 bits per heavy atom. The Bertz CT molecular complexity index is 1050. The lowest BCUT2D eigenvalue weighted by Crippen LogP contribution is -2.19. The largest absolute Gasteiger partial charge is 0.379 e. The van der Waals surface area contributed by atoms with Crippen LogP contribution in [0.4, 0.5) is 16.2 Å². The quantitative estimate of drug-likeness (QED) is 0.640. The third-order valence-corrected chi connectivity index (χ3v) is 4.85. The van der Waals surface area contributed by atoms with Crippen molar-refractivity contribution < 1.29 is 17.4 Å². The zero-order chi connectivity index (χ0) is 19.3. The monoisotopic (exact) mass is 382 g/mol. The summed E-state index contributed by atoms with van der Waals surface area (Å²) in [6, 6.07) is 21.1. The van der Waals surface area contributed by atoms with Gasteiger partial charge in [0.15, 0.2) is 0 Å². The van der Waals surface area contributed by atoms with Gasteiger partial charge in [0.1, 0.15) is 10.6 Å². The van der Waals surface area contributed by atoms with Crippen LogP contribution in [0.25, 0.3) is 0 Å². The molecule has 3 rings (SSSR count). The first-order chi connectivity index (χ1) is 12.9. The number of anilines is 2. The van der Waals surface area contributed by atoms with Crippen LogP contribution in [0.2, 0.25) is 0 Å². The smallest absolute Gasteiger partial charge is 0.339 e. The molecule has 2 amide bonds. The number of nitrogens with one attached hydrogen (secondary N) is 2. The maximum atomic E-state index is 12.5. The predicted octanol–water partition coefficient (Wildman–Crippen LogP) is 4.41. The Morgan fingerprint density at radius 2 is 1.48 bits per heavy atom. The third-order valence-electron chi connectivity index (χ3n) is 3.61. The highest BCUT2D eigenvalue weighted by molar-refractivity contribution is 7.87. The zero-order valence-electron chi connectivity index (χ0n) is 14.5. The van der Waals surface area contributed by atoms with Crippen LogP contribution in [0.1, 0.15) is 5.56 Å². The minimum atomic E-state index is -4.02. The van der Waals surface area contributed by atoms with Gasteiger partial charge in [-0.2, -0.15) is 8.42 Å². The van der Waals surface area contributed by atoms with Crippen LogP contribution in [0.15, 0.2) is 83.8 Å². The average molecular weight is 382 g/mol. The van der Waals surface area contributed by atoms with Crippen molar-refractivity contribution in [3.63, 3.8) is 0 Å². The van der Waals surface area contributed by atoms with Gasteiger partial charge < -0.3 is 14.8 Å². The van der Waals surface area contributed by atoms with Gasteiger partial charge in [-0.1, -0.05) is 36.4 Å². The fraction of sp³-hybridized carbons (Fsp3) is 0.0500. The Morgan fingerprint density at radius 1 is 0.815 bits per heavy atom. The van der Waals surface area contributed by atoms with Crippen molar-refractivity contribution in [2.24, 2.45) is 0 Å². The van der Waals surface area contributed by atoms with E-state index in [9.17, 15) is 13.2 Å². The van der Waals surface area contributed by atoms with Crippen molar-refractivity contribution in [3.8, 4) is 5.75 Å². The lowest BCUT2D eigenvalue weighted by atomic mass is 10.2. The second-order valence-electron chi connectivity index (χ2n) is 5.83. The summed E-state index contributed by atoms with van der Waals surface area (Å²) in [4.78, 5) is 12.0. The minimum absolute atomic E-state index is 0.0542. The van der Waals surface area contributed by atoms with Crippen LogP contribution in [0.5, 0.6) is 5.75 Å². The van der Waals surface area contributed by atoms with Crippen LogP contribution in [-0.4, -0.2) is 14.4 Å². The molecule has 0 bridgehead atoms. The van der Waals surface area contributed by atoms with Crippen molar-refractivity contribution >= 4 is 27.5 Å². The third kappa shape index (κ3) is 5.08. The summed E-state index contributed by atoms with van der Waals surface area (Å²) in [7, 11) is -4.02. The van der Waals surface area contributed by atoms with Crippen molar-refractivity contribution in [2.45, 2.75) is 11.8 Å². The molecule has 3 aromatic rings. The molecule has 2 N–H and O–H groups in total. The topological polar surface area (TPSA) is 84.5 Å². The number of aryl methyl sites for hydroxylation is 1. The van der Waals surface area contributed by atoms with Gasteiger partial charge in [-0.15, -0.1) is 0 Å². The second-order valence-corrected chi connectivity index (χ2v) is 7.37. The molecule has 0 heterocycles. The fourth-order valence-corrected chi connectivity index (χ4v) is 3.36. The molecule has 6 nitrogen and oxygen atoms in total. The normalized spacial score (nSPS) is 10.9. The van der Waals surface area contributed by atoms with E-state index in [2.05, 4.69) is 10.6 Å². The highest BCUT2D eigenvalue weighted by Crippen LogP contribution is 2.22. The molecule has 0 aromatic heterocycles. The molecule has 0 spiro atoms. The first-order valence-corrected chi connectivity index (χ1v) is 9.57. The van der Waals surface area contributed by atoms with Gasteiger partial charge in [0.25, 0.3) is 0 Å². The van der Waals surface area contributed by atoms with Gasteiger partial charge in [0, 0.05) is 11.4 Å². The molecule has 0 aliphatic heterocycles. The minimum Gasteiger partial charge on any atom is -0.379 e. The molecule has 0 aliphatic carbocycles. The van der Waals surface area contributed by atoms with Gasteiger partial charge in [-0.05, 0) is 55.0 Å². The van der Waals surface area contributed by atoms with Crippen LogP contribution in [0.3, 0.4) is 0 Å². The molecule has 138 valence electrons. The van der Waals surface area contributed by atoms with E-state index < -0.39 is 16.1 Å². The summed E-state index contributed by atoms with van der Waals surface area (Å²) in [6.07, 6.45) is 0. The van der Waals surface area contributed by atoms with Crippen LogP contribution < -0.4 is 14.8 Å². The van der Waals surface area contributed by atoms with E-state index in [1.165, 1.54) is 18.2 Å². The van der Waals surface area contributed by atoms with Gasteiger partial charge in [-0.3, -0.25) is 0 Å². The number of hydrogen-bond donors (Lipinski definition) is 2. The SMILES string of the molecule is Cc1cccc(OS(=O)(=O)c2cccc(NC(=O)Nc3ccccc3)c2)c1. The zero-order valence-corrected chi connectivity index (χ0v) is 15.4. The molecule has 27 heavy (non-hydrogen) atoms. The Hall–Kier alpha value is -3.32. The van der Waals surface area contributed by atoms with Crippen LogP contribution >= 0.6 is 0 Å². The van der Waals surface area contributed by atoms with Gasteiger partial charge in [0.2, 0.25) is 0 Å². The molecule has 0 saturated heterocycles. The van der Waals surface area contributed by atoms with Gasteiger partial charge >= 0.3 is 16.1 Å². The van der Waals surface area contributed by atoms with Crippen LogP contribution in [-0.2, 0) is 10.1 Å². The van der Waals surface area contributed by atoms with Crippen molar-refractivity contribution in [1.82, 2.24) is 0 Å². The number of carbonyl (C=O) groups is 1. The van der Waals surface area contributed by atoms with Crippen molar-refractivity contribution in [1.29, 1.82) is 0 Å². The Balaban J connectivity index is 1.73. The van der Waals surface area contributed by atoms with Crippen molar-refractivity contribution in [2.75, 3.05) is 10.6 Å². The standard InChI is InChI=1S/C20H18N2O4S/c1-15-7-5-11-18(13-15)26-27(24,25)19-12-6-10-17(14-19)22-20(23)21-16-8-3-2-4-9-16/h2-14H,1H3,(H2,21,22,23). The molecule has 3 aromatic carbocycles. The predicted molar refractivity (Wildman–Crippen MR) is 105 cm³/mol. The van der Waals surface area contributed by atoms with E-state index in [0.717, 1.165) is 5.56 Å². The van der Waals surface area contributed by atoms with E-state index >= 15 is 0 Å². The summed E-state index contributed by atoms with van der Waals surface area (Å²) < 4.78 is 30.2. The molecule has 0 aliphatic rings. The maximum Gasteiger partial charge on any atom is 0.339 e. The average Bonchev–Trinajstić information content (AvgIpc) is 2.62. The summed E-state index contributed by atoms with van der Waals surface area (Å²) >= 11 is 0. The number of para-hydroxylation sites is 1. The maximum absolute atomic E-state index is 12.5. The van der Waals surface area contributed by atoms with E-state index in [4.69, 9.17) is 4.18 Å². The first-order valence-electron chi connectivity index (χ1n) is 8.17. The van der Waals surface area contributed by atoms with Crippen molar-refractivity contribution in [3.05, 3.63) is 84.4 Å². The highest BCUT2D eigenvalue weighted by atomic mass is 32.2. The number of urea groups is 1. The first kappa shape index (κ1) is 18.5. The summed E-state index contributed by atoms with van der Waals surface area (Å²) in [5.41, 5.74) is 1.84.